The van der Waals surface area contributed by atoms with Gasteiger partial charge in [0.2, 0.25) is 5.89 Å². The topological polar surface area (TPSA) is 160 Å². The molecule has 0 spiro atoms. The number of carbonyl (C=O) groups is 1. The number of ether oxygens (including phenoxy) is 1. The number of oxazole rings is 1. The van der Waals surface area contributed by atoms with Crippen LogP contribution in [0.15, 0.2) is 39.7 Å². The first kappa shape index (κ1) is 19.3. The van der Waals surface area contributed by atoms with Crippen molar-refractivity contribution in [2.75, 3.05) is 18.2 Å². The molecule has 0 aliphatic carbocycles. The predicted molar refractivity (Wildman–Crippen MR) is 103 cm³/mol. The van der Waals surface area contributed by atoms with Crippen molar-refractivity contribution in [3.8, 4) is 11.5 Å². The summed E-state index contributed by atoms with van der Waals surface area (Å²) in [6.45, 7) is 0.219. The Morgan fingerprint density at radius 1 is 1.37 bits per heavy atom. The highest BCUT2D eigenvalue weighted by Crippen LogP contribution is 2.21. The Balaban J connectivity index is 1.50. The van der Waals surface area contributed by atoms with Crippen LogP contribution in [0.25, 0.3) is 11.5 Å². The quantitative estimate of drug-likeness (QED) is 0.456. The van der Waals surface area contributed by atoms with Crippen molar-refractivity contribution in [1.29, 1.82) is 0 Å². The highest BCUT2D eigenvalue weighted by atomic mass is 16.5. The Bertz CT molecular complexity index is 1180. The summed E-state index contributed by atoms with van der Waals surface area (Å²) in [6, 6.07) is 3.29. The third kappa shape index (κ3) is 4.17. The molecular formula is C18H18N8O4. The van der Waals surface area contributed by atoms with Crippen LogP contribution in [0, 0.1) is 0 Å². The Morgan fingerprint density at radius 3 is 3.03 bits per heavy atom. The van der Waals surface area contributed by atoms with E-state index in [0.29, 0.717) is 34.5 Å². The summed E-state index contributed by atoms with van der Waals surface area (Å²) in [5, 5.41) is 11.0. The second-order valence-corrected chi connectivity index (χ2v) is 6.34. The van der Waals surface area contributed by atoms with Crippen molar-refractivity contribution < 1.29 is 18.5 Å². The molecule has 12 nitrogen and oxygen atoms in total. The number of pyridine rings is 1. The Kier molecular flexibility index (Phi) is 5.22. The molecule has 12 heteroatoms. The lowest BCUT2D eigenvalue weighted by molar-refractivity contribution is 0.102. The van der Waals surface area contributed by atoms with Gasteiger partial charge in [-0.25, -0.2) is 9.97 Å². The van der Waals surface area contributed by atoms with Crippen LogP contribution in [0.3, 0.4) is 0 Å². The lowest BCUT2D eigenvalue weighted by atomic mass is 10.2. The zero-order chi connectivity index (χ0) is 21.1. The second kappa shape index (κ2) is 8.13. The standard InChI is InChI=1S/C18H18N8O4/c1-26-7-12(11(24-26)6-15-23-16(9-28-2)30-25-15)21-17(27)13-8-29-18(22-13)10-3-4-20-14(19)5-10/h3-5,7-8H,6,9H2,1-2H3,(H2,19,20)(H,21,27). The van der Waals surface area contributed by atoms with Gasteiger partial charge in [-0.2, -0.15) is 10.1 Å². The molecule has 0 saturated carbocycles. The fraction of sp³-hybridized carbons (Fsp3) is 0.222. The molecule has 0 radical (unpaired) electrons. The number of amides is 1. The molecular weight excluding hydrogens is 392 g/mol. The third-order valence-electron chi connectivity index (χ3n) is 4.02. The van der Waals surface area contributed by atoms with Crippen LogP contribution in [0.5, 0.6) is 0 Å². The van der Waals surface area contributed by atoms with Gasteiger partial charge in [0.05, 0.1) is 17.8 Å². The van der Waals surface area contributed by atoms with Crippen LogP contribution in [-0.4, -0.2) is 42.9 Å². The van der Waals surface area contributed by atoms with Crippen LogP contribution >= 0.6 is 0 Å². The van der Waals surface area contributed by atoms with Crippen molar-refractivity contribution in [3.05, 3.63) is 53.9 Å². The first-order valence-corrected chi connectivity index (χ1v) is 8.83. The van der Waals surface area contributed by atoms with E-state index < -0.39 is 5.91 Å². The van der Waals surface area contributed by atoms with E-state index in [1.807, 2.05) is 0 Å². The van der Waals surface area contributed by atoms with E-state index in [9.17, 15) is 4.79 Å². The summed E-state index contributed by atoms with van der Waals surface area (Å²) in [4.78, 5) is 25.0. The van der Waals surface area contributed by atoms with Gasteiger partial charge < -0.3 is 24.7 Å². The molecule has 0 aromatic carbocycles. The summed E-state index contributed by atoms with van der Waals surface area (Å²) < 4.78 is 17.0. The maximum atomic E-state index is 12.7. The number of carbonyl (C=O) groups excluding carboxylic acids is 1. The normalized spacial score (nSPS) is 11.0. The molecule has 4 aromatic rings. The highest BCUT2D eigenvalue weighted by Gasteiger charge is 2.18. The Hall–Kier alpha value is -4.06. The summed E-state index contributed by atoms with van der Waals surface area (Å²) in [7, 11) is 3.28. The third-order valence-corrected chi connectivity index (χ3v) is 4.02. The van der Waals surface area contributed by atoms with Crippen molar-refractivity contribution in [1.82, 2.24) is 29.9 Å². The van der Waals surface area contributed by atoms with Crippen molar-refractivity contribution in [2.24, 2.45) is 7.05 Å². The van der Waals surface area contributed by atoms with E-state index in [-0.39, 0.29) is 24.6 Å². The minimum Gasteiger partial charge on any atom is -0.444 e. The molecule has 154 valence electrons. The Labute approximate surface area is 170 Å². The van der Waals surface area contributed by atoms with Crippen LogP contribution in [0.2, 0.25) is 0 Å². The number of hydrogen-bond donors (Lipinski definition) is 2. The van der Waals surface area contributed by atoms with Crippen molar-refractivity contribution in [2.45, 2.75) is 13.0 Å². The zero-order valence-corrected chi connectivity index (χ0v) is 16.2. The van der Waals surface area contributed by atoms with Gasteiger partial charge in [0, 0.05) is 32.1 Å². The van der Waals surface area contributed by atoms with Gasteiger partial charge in [-0.1, -0.05) is 5.16 Å². The van der Waals surface area contributed by atoms with Crippen molar-refractivity contribution in [3.63, 3.8) is 0 Å². The van der Waals surface area contributed by atoms with E-state index in [0.717, 1.165) is 0 Å². The van der Waals surface area contributed by atoms with Crippen LogP contribution in [-0.2, 0) is 24.8 Å². The number of anilines is 2. The van der Waals surface area contributed by atoms with Crippen LogP contribution in [0.1, 0.15) is 27.9 Å². The van der Waals surface area contributed by atoms with Crippen molar-refractivity contribution >= 4 is 17.4 Å². The number of nitrogen functional groups attached to an aromatic ring is 1. The van der Waals surface area contributed by atoms with Crippen LogP contribution in [0.4, 0.5) is 11.5 Å². The molecule has 4 heterocycles. The van der Waals surface area contributed by atoms with E-state index in [1.54, 1.807) is 30.1 Å². The first-order valence-electron chi connectivity index (χ1n) is 8.83. The number of aromatic nitrogens is 6. The smallest absolute Gasteiger partial charge is 0.277 e. The molecule has 0 bridgehead atoms. The lowest BCUT2D eigenvalue weighted by Gasteiger charge is -2.01. The van der Waals surface area contributed by atoms with E-state index in [4.69, 9.17) is 19.4 Å². The number of nitrogens with zero attached hydrogens (tertiary/aromatic N) is 6. The number of aryl methyl sites for hydroxylation is 1. The van der Waals surface area contributed by atoms with E-state index in [2.05, 4.69) is 30.5 Å². The SMILES string of the molecule is COCc1nc(Cc2nn(C)cc2NC(=O)c2coc(-c3ccnc(N)c3)n2)no1. The van der Waals surface area contributed by atoms with E-state index in [1.165, 1.54) is 19.6 Å². The minimum absolute atomic E-state index is 0.108. The van der Waals surface area contributed by atoms with Gasteiger partial charge in [-0.05, 0) is 12.1 Å². The number of methoxy groups -OCH3 is 1. The molecule has 0 saturated heterocycles. The number of nitrogens with one attached hydrogen (secondary N) is 1. The zero-order valence-electron chi connectivity index (χ0n) is 16.2. The molecule has 0 aliphatic heterocycles. The molecule has 0 fully saturated rings. The molecule has 30 heavy (non-hydrogen) atoms. The lowest BCUT2D eigenvalue weighted by Crippen LogP contribution is -2.13. The maximum Gasteiger partial charge on any atom is 0.277 e. The van der Waals surface area contributed by atoms with Gasteiger partial charge in [0.1, 0.15) is 18.7 Å². The number of hydrogen-bond acceptors (Lipinski definition) is 10. The fourth-order valence-electron chi connectivity index (χ4n) is 2.74. The molecule has 4 aromatic heterocycles. The summed E-state index contributed by atoms with van der Waals surface area (Å²) in [5.74, 6) is 0.926. The van der Waals surface area contributed by atoms with Gasteiger partial charge in [-0.15, -0.1) is 0 Å². The summed E-state index contributed by atoms with van der Waals surface area (Å²) in [6.07, 6.45) is 4.75. The monoisotopic (exact) mass is 410 g/mol. The molecule has 1 amide bonds. The Morgan fingerprint density at radius 2 is 2.23 bits per heavy atom. The predicted octanol–water partition coefficient (Wildman–Crippen LogP) is 1.42. The van der Waals surface area contributed by atoms with Gasteiger partial charge in [0.15, 0.2) is 11.5 Å². The van der Waals surface area contributed by atoms with Gasteiger partial charge >= 0.3 is 0 Å². The van der Waals surface area contributed by atoms with E-state index >= 15 is 0 Å². The van der Waals surface area contributed by atoms with Gasteiger partial charge in [-0.3, -0.25) is 9.48 Å². The molecule has 0 aliphatic rings. The summed E-state index contributed by atoms with van der Waals surface area (Å²) in [5.41, 5.74) is 7.47. The minimum atomic E-state index is -0.450. The molecule has 0 atom stereocenters. The molecule has 4 rings (SSSR count). The average molecular weight is 410 g/mol. The highest BCUT2D eigenvalue weighted by molar-refractivity contribution is 6.03. The fourth-order valence-corrected chi connectivity index (χ4v) is 2.74. The van der Waals surface area contributed by atoms with Crippen LogP contribution < -0.4 is 11.1 Å². The maximum absolute atomic E-state index is 12.7. The summed E-state index contributed by atoms with van der Waals surface area (Å²) >= 11 is 0. The second-order valence-electron chi connectivity index (χ2n) is 6.34. The number of rotatable bonds is 7. The number of nitrogens with two attached hydrogens (primary N) is 1. The average Bonchev–Trinajstić information content (AvgIpc) is 3.43. The molecule has 3 N–H and O–H groups in total. The molecule has 0 unspecified atom stereocenters. The van der Waals surface area contributed by atoms with Gasteiger partial charge in [0.25, 0.3) is 11.8 Å². The first-order chi connectivity index (χ1) is 14.5. The largest absolute Gasteiger partial charge is 0.444 e.